The molecule has 0 aromatic heterocycles. The van der Waals surface area contributed by atoms with E-state index in [1.165, 1.54) is 0 Å². The normalized spacial score (nSPS) is 10.2. The average molecular weight is 328 g/mol. The first-order chi connectivity index (χ1) is 8.60. The van der Waals surface area contributed by atoms with Crippen LogP contribution in [0.15, 0.2) is 40.9 Å². The zero-order chi connectivity index (χ0) is 13.1. The zero-order valence-electron chi connectivity index (χ0n) is 9.71. The number of anilines is 3. The number of nitrogen functional groups attached to an aromatic ring is 1. The molecule has 94 valence electrons. The molecule has 0 amide bonds. The lowest BCUT2D eigenvalue weighted by Gasteiger charge is -2.12. The molecule has 0 fully saturated rings. The van der Waals surface area contributed by atoms with Gasteiger partial charge in [0.15, 0.2) is 0 Å². The molecule has 0 saturated heterocycles. The maximum atomic E-state index is 6.12. The van der Waals surface area contributed by atoms with Gasteiger partial charge in [0.1, 0.15) is 5.75 Å². The Morgan fingerprint density at radius 1 is 1.17 bits per heavy atom. The highest BCUT2D eigenvalue weighted by atomic mass is 79.9. The van der Waals surface area contributed by atoms with Crippen LogP contribution in [0, 0.1) is 0 Å². The van der Waals surface area contributed by atoms with Crippen LogP contribution in [0.5, 0.6) is 5.75 Å². The van der Waals surface area contributed by atoms with Gasteiger partial charge in [0.05, 0.1) is 29.2 Å². The molecule has 3 nitrogen and oxygen atoms in total. The summed E-state index contributed by atoms with van der Waals surface area (Å²) in [5.74, 6) is 0.734. The fourth-order valence-electron chi connectivity index (χ4n) is 1.52. The first-order valence-corrected chi connectivity index (χ1v) is 6.43. The third-order valence-corrected chi connectivity index (χ3v) is 3.28. The first kappa shape index (κ1) is 13.1. The predicted molar refractivity (Wildman–Crippen MR) is 79.8 cm³/mol. The van der Waals surface area contributed by atoms with Gasteiger partial charge >= 0.3 is 0 Å². The molecule has 18 heavy (non-hydrogen) atoms. The molecule has 0 bridgehead atoms. The molecule has 0 saturated carbocycles. The summed E-state index contributed by atoms with van der Waals surface area (Å²) in [7, 11) is 1.61. The van der Waals surface area contributed by atoms with E-state index in [0.29, 0.717) is 10.7 Å². The van der Waals surface area contributed by atoms with Crippen LogP contribution >= 0.6 is 27.5 Å². The molecule has 2 rings (SSSR count). The Labute approximate surface area is 119 Å². The number of nitrogens with two attached hydrogens (primary N) is 1. The molecule has 2 aromatic carbocycles. The number of rotatable bonds is 3. The van der Waals surface area contributed by atoms with E-state index in [1.54, 1.807) is 19.2 Å². The molecule has 0 heterocycles. The van der Waals surface area contributed by atoms with Gasteiger partial charge in [-0.25, -0.2) is 0 Å². The third-order valence-electron chi connectivity index (χ3n) is 2.46. The topological polar surface area (TPSA) is 47.3 Å². The van der Waals surface area contributed by atoms with E-state index >= 15 is 0 Å². The Balaban J connectivity index is 2.33. The third kappa shape index (κ3) is 2.89. The minimum absolute atomic E-state index is 0.609. The Bertz CT molecular complexity index is 575. The van der Waals surface area contributed by atoms with E-state index < -0.39 is 0 Å². The van der Waals surface area contributed by atoms with Gasteiger partial charge in [-0.2, -0.15) is 0 Å². The van der Waals surface area contributed by atoms with Crippen LogP contribution in [0.4, 0.5) is 17.1 Å². The van der Waals surface area contributed by atoms with Crippen LogP contribution in [0.1, 0.15) is 0 Å². The average Bonchev–Trinajstić information content (AvgIpc) is 2.35. The summed E-state index contributed by atoms with van der Waals surface area (Å²) in [6, 6.07) is 11.0. The molecule has 2 aromatic rings. The van der Waals surface area contributed by atoms with Gasteiger partial charge in [0.2, 0.25) is 0 Å². The van der Waals surface area contributed by atoms with Crippen LogP contribution < -0.4 is 15.8 Å². The van der Waals surface area contributed by atoms with Crippen molar-refractivity contribution in [2.24, 2.45) is 0 Å². The molecule has 5 heteroatoms. The van der Waals surface area contributed by atoms with Gasteiger partial charge in [-0.3, -0.25) is 0 Å². The summed E-state index contributed by atoms with van der Waals surface area (Å²) in [5, 5.41) is 3.79. The van der Waals surface area contributed by atoms with Crippen LogP contribution in [0.2, 0.25) is 5.02 Å². The van der Waals surface area contributed by atoms with Crippen LogP contribution in [-0.4, -0.2) is 7.11 Å². The number of hydrogen-bond acceptors (Lipinski definition) is 3. The Hall–Kier alpha value is -1.39. The number of methoxy groups -OCH3 is 1. The van der Waals surface area contributed by atoms with Gasteiger partial charge in [0, 0.05) is 10.5 Å². The molecule has 0 unspecified atom stereocenters. The Morgan fingerprint density at radius 3 is 2.61 bits per heavy atom. The minimum atomic E-state index is 0.609. The van der Waals surface area contributed by atoms with E-state index in [-0.39, 0.29) is 0 Å². The van der Waals surface area contributed by atoms with Gasteiger partial charge in [-0.15, -0.1) is 0 Å². The second kappa shape index (κ2) is 5.50. The van der Waals surface area contributed by atoms with Gasteiger partial charge < -0.3 is 15.8 Å². The lowest BCUT2D eigenvalue weighted by molar-refractivity contribution is 0.415. The van der Waals surface area contributed by atoms with Crippen molar-refractivity contribution < 1.29 is 4.74 Å². The molecular weight excluding hydrogens is 316 g/mol. The van der Waals surface area contributed by atoms with Crippen LogP contribution in [0.25, 0.3) is 0 Å². The van der Waals surface area contributed by atoms with Gasteiger partial charge in [0.25, 0.3) is 0 Å². The van der Waals surface area contributed by atoms with Crippen molar-refractivity contribution in [1.29, 1.82) is 0 Å². The predicted octanol–water partition coefficient (Wildman–Crippen LogP) is 4.44. The molecule has 0 radical (unpaired) electrons. The standard InChI is InChI=1S/C13H12BrClN2O/c1-18-9-3-4-10(15)13(7-9)17-12-5-2-8(14)6-11(12)16/h2-7,17H,16H2,1H3. The fourth-order valence-corrected chi connectivity index (χ4v) is 2.06. The quantitative estimate of drug-likeness (QED) is 0.819. The van der Waals surface area contributed by atoms with Gasteiger partial charge in [-0.1, -0.05) is 27.5 Å². The van der Waals surface area contributed by atoms with E-state index in [2.05, 4.69) is 21.2 Å². The molecular formula is C13H12BrClN2O. The lowest BCUT2D eigenvalue weighted by atomic mass is 10.2. The SMILES string of the molecule is COc1ccc(Cl)c(Nc2ccc(Br)cc2N)c1. The largest absolute Gasteiger partial charge is 0.497 e. The maximum Gasteiger partial charge on any atom is 0.121 e. The van der Waals surface area contributed by atoms with Crippen molar-refractivity contribution in [1.82, 2.24) is 0 Å². The highest BCUT2D eigenvalue weighted by molar-refractivity contribution is 9.10. The highest BCUT2D eigenvalue weighted by Crippen LogP contribution is 2.32. The Morgan fingerprint density at radius 2 is 1.94 bits per heavy atom. The number of halogens is 2. The summed E-state index contributed by atoms with van der Waals surface area (Å²) in [6.07, 6.45) is 0. The maximum absolute atomic E-state index is 6.12. The smallest absolute Gasteiger partial charge is 0.121 e. The fraction of sp³-hybridized carbons (Fsp3) is 0.0769. The van der Waals surface area contributed by atoms with Crippen LogP contribution in [-0.2, 0) is 0 Å². The monoisotopic (exact) mass is 326 g/mol. The highest BCUT2D eigenvalue weighted by Gasteiger charge is 2.05. The van der Waals surface area contributed by atoms with E-state index in [4.69, 9.17) is 22.1 Å². The number of ether oxygens (including phenoxy) is 1. The van der Waals surface area contributed by atoms with Gasteiger partial charge in [-0.05, 0) is 30.3 Å². The van der Waals surface area contributed by atoms with Crippen LogP contribution in [0.3, 0.4) is 0 Å². The van der Waals surface area contributed by atoms with Crippen molar-refractivity contribution in [3.05, 3.63) is 45.9 Å². The molecule has 0 aliphatic carbocycles. The summed E-state index contributed by atoms with van der Waals surface area (Å²) in [4.78, 5) is 0. The van der Waals surface area contributed by atoms with E-state index in [0.717, 1.165) is 21.6 Å². The van der Waals surface area contributed by atoms with E-state index in [9.17, 15) is 0 Å². The molecule has 0 aliphatic rings. The second-order valence-electron chi connectivity index (χ2n) is 3.70. The molecule has 0 spiro atoms. The number of nitrogens with one attached hydrogen (secondary N) is 1. The summed E-state index contributed by atoms with van der Waals surface area (Å²) < 4.78 is 6.09. The van der Waals surface area contributed by atoms with E-state index in [1.807, 2.05) is 24.3 Å². The molecule has 0 atom stereocenters. The van der Waals surface area contributed by atoms with Crippen molar-refractivity contribution in [3.63, 3.8) is 0 Å². The Kier molecular flexibility index (Phi) is 3.99. The van der Waals surface area contributed by atoms with Crippen molar-refractivity contribution >= 4 is 44.6 Å². The van der Waals surface area contributed by atoms with Crippen molar-refractivity contribution in [3.8, 4) is 5.75 Å². The minimum Gasteiger partial charge on any atom is -0.497 e. The molecule has 0 aliphatic heterocycles. The summed E-state index contributed by atoms with van der Waals surface area (Å²) in [6.45, 7) is 0. The first-order valence-electron chi connectivity index (χ1n) is 5.26. The second-order valence-corrected chi connectivity index (χ2v) is 5.03. The van der Waals surface area contributed by atoms with Crippen molar-refractivity contribution in [2.45, 2.75) is 0 Å². The zero-order valence-corrected chi connectivity index (χ0v) is 12.0. The number of benzene rings is 2. The summed E-state index contributed by atoms with van der Waals surface area (Å²) in [5.41, 5.74) is 8.12. The molecule has 3 N–H and O–H groups in total. The lowest BCUT2D eigenvalue weighted by Crippen LogP contribution is -1.97. The summed E-state index contributed by atoms with van der Waals surface area (Å²) >= 11 is 9.48. The number of hydrogen-bond donors (Lipinski definition) is 2. The van der Waals surface area contributed by atoms with Crippen molar-refractivity contribution in [2.75, 3.05) is 18.2 Å².